The second-order valence-corrected chi connectivity index (χ2v) is 10.3. The molecule has 0 aliphatic carbocycles. The van der Waals surface area contributed by atoms with Crippen LogP contribution in [0.3, 0.4) is 0 Å². The molecule has 2 aliphatic rings. The van der Waals surface area contributed by atoms with Gasteiger partial charge >= 0.3 is 132 Å². The van der Waals surface area contributed by atoms with Crippen molar-refractivity contribution in [3.05, 3.63) is 55.3 Å². The average Bonchev–Trinajstić information content (AvgIpc) is 3.08. The molecule has 1 amide bonds. The van der Waals surface area contributed by atoms with Crippen molar-refractivity contribution in [1.82, 2.24) is 10.2 Å². The Kier molecular flexibility index (Phi) is 6.40. The Morgan fingerprint density at radius 3 is 2.70 bits per heavy atom. The van der Waals surface area contributed by atoms with E-state index in [9.17, 15) is 4.79 Å². The van der Waals surface area contributed by atoms with Crippen LogP contribution in [0.1, 0.15) is 24.8 Å². The Morgan fingerprint density at radius 1 is 1.22 bits per heavy atom. The number of likely N-dealkylation sites (tertiary alicyclic amines) is 1. The van der Waals surface area contributed by atoms with Crippen LogP contribution >= 0.6 is 0 Å². The van der Waals surface area contributed by atoms with Crippen LogP contribution in [0.2, 0.25) is 0 Å². The van der Waals surface area contributed by atoms with Crippen LogP contribution in [0.5, 0.6) is 0 Å². The first kappa shape index (κ1) is 16.8. The van der Waals surface area contributed by atoms with Crippen LogP contribution in [0.25, 0.3) is 0 Å². The Hall–Kier alpha value is -1.000. The van der Waals surface area contributed by atoms with Gasteiger partial charge < -0.3 is 0 Å². The number of carbonyl (C=O) groups is 1. The molecule has 119 valence electrons. The summed E-state index contributed by atoms with van der Waals surface area (Å²) in [4.78, 5) is 14.4. The van der Waals surface area contributed by atoms with E-state index >= 15 is 0 Å². The van der Waals surface area contributed by atoms with E-state index in [4.69, 9.17) is 0 Å². The van der Waals surface area contributed by atoms with Gasteiger partial charge in [0.1, 0.15) is 0 Å². The van der Waals surface area contributed by atoms with Gasteiger partial charge in [-0.25, -0.2) is 0 Å². The molecule has 0 spiro atoms. The number of benzene rings is 1. The number of piperidine rings is 1. The first-order valence-electron chi connectivity index (χ1n) is 8.57. The Morgan fingerprint density at radius 2 is 2.00 bits per heavy atom. The molecule has 3 nitrogen and oxygen atoms in total. The predicted molar refractivity (Wildman–Crippen MR) is 95.0 cm³/mol. The molecule has 2 heterocycles. The van der Waals surface area contributed by atoms with Crippen molar-refractivity contribution < 1.29 is 4.79 Å². The molecular weight excluding hydrogens is 387 g/mol. The van der Waals surface area contributed by atoms with Crippen LogP contribution in [-0.2, 0) is 11.2 Å². The summed E-state index contributed by atoms with van der Waals surface area (Å²) in [6.07, 6.45) is 8.47. The maximum atomic E-state index is 12.0. The van der Waals surface area contributed by atoms with Gasteiger partial charge in [0.05, 0.1) is 0 Å². The second-order valence-electron chi connectivity index (χ2n) is 6.45. The monoisotopic (exact) mass is 411 g/mol. The zero-order valence-corrected chi connectivity index (χ0v) is 16.9. The number of nitrogens with one attached hydrogen (secondary N) is 1. The fourth-order valence-corrected chi connectivity index (χ4v) is 5.86. The third-order valence-corrected chi connectivity index (χ3v) is 7.85. The Balaban J connectivity index is 1.33. The van der Waals surface area contributed by atoms with Crippen LogP contribution < -0.4 is 5.32 Å². The third kappa shape index (κ3) is 5.54. The summed E-state index contributed by atoms with van der Waals surface area (Å²) in [5.74, 6) is 0.989. The molecule has 1 N–H and O–H groups in total. The number of amides is 1. The van der Waals surface area contributed by atoms with Gasteiger partial charge in [0.15, 0.2) is 0 Å². The summed E-state index contributed by atoms with van der Waals surface area (Å²) in [6, 6.07) is 10.8. The molecule has 1 saturated heterocycles. The van der Waals surface area contributed by atoms with Crippen LogP contribution in [0.15, 0.2) is 49.8 Å². The molecular formula is C19H24InN2O. The molecule has 0 saturated carbocycles. The van der Waals surface area contributed by atoms with Gasteiger partial charge in [-0.15, -0.1) is 0 Å². The van der Waals surface area contributed by atoms with Crippen LogP contribution in [0, 0.1) is 5.92 Å². The second kappa shape index (κ2) is 8.74. The fraction of sp³-hybridized carbons (Fsp3) is 0.421. The summed E-state index contributed by atoms with van der Waals surface area (Å²) < 4.78 is 3.47. The molecule has 1 fully saturated rings. The molecule has 3 rings (SSSR count). The van der Waals surface area contributed by atoms with E-state index in [-0.39, 0.29) is 5.91 Å². The molecule has 0 unspecified atom stereocenters. The van der Waals surface area contributed by atoms with Crippen molar-refractivity contribution >= 4 is 28.8 Å². The summed E-state index contributed by atoms with van der Waals surface area (Å²) in [5.41, 5.74) is 1.45. The van der Waals surface area contributed by atoms with Gasteiger partial charge in [-0.3, -0.25) is 0 Å². The van der Waals surface area contributed by atoms with Crippen molar-refractivity contribution in [3.63, 3.8) is 0 Å². The summed E-state index contributed by atoms with van der Waals surface area (Å²) >= 11 is -0.762. The van der Waals surface area contributed by atoms with Gasteiger partial charge in [-0.2, -0.15) is 0 Å². The molecule has 23 heavy (non-hydrogen) atoms. The van der Waals surface area contributed by atoms with E-state index in [0.29, 0.717) is 6.42 Å². The fourth-order valence-electron chi connectivity index (χ4n) is 3.30. The van der Waals surface area contributed by atoms with Crippen molar-refractivity contribution in [2.45, 2.75) is 25.7 Å². The van der Waals surface area contributed by atoms with E-state index in [1.54, 1.807) is 0 Å². The SMILES string of the molecule is O=C(CCN1CCC(Cc2ccccc2)CC1)N[C]1=CC=[CH][In]1. The van der Waals surface area contributed by atoms with Gasteiger partial charge in [-0.05, 0) is 0 Å². The molecule has 1 radical (unpaired) electrons. The van der Waals surface area contributed by atoms with E-state index in [1.165, 1.54) is 28.3 Å². The number of hydrogen-bond acceptors (Lipinski definition) is 2. The van der Waals surface area contributed by atoms with Crippen LogP contribution in [0.4, 0.5) is 0 Å². The molecule has 1 aromatic carbocycles. The number of carbonyl (C=O) groups excluding carboxylic acids is 1. The zero-order chi connectivity index (χ0) is 15.9. The first-order chi connectivity index (χ1) is 11.3. The number of allylic oxidation sites excluding steroid dienone is 2. The van der Waals surface area contributed by atoms with E-state index in [0.717, 1.165) is 25.6 Å². The first-order valence-corrected chi connectivity index (χ1v) is 12.1. The van der Waals surface area contributed by atoms with Crippen molar-refractivity contribution in [2.24, 2.45) is 5.92 Å². The summed E-state index contributed by atoms with van der Waals surface area (Å²) in [5, 5.41) is 3.08. The molecule has 0 aromatic heterocycles. The third-order valence-electron chi connectivity index (χ3n) is 4.68. The summed E-state index contributed by atoms with van der Waals surface area (Å²) in [7, 11) is 0. The van der Waals surface area contributed by atoms with Gasteiger partial charge in [0.2, 0.25) is 0 Å². The van der Waals surface area contributed by atoms with E-state index in [1.807, 2.05) is 0 Å². The standard InChI is InChI=1S/C19H24N2O.In/c1-2-3-12-20-19(22)11-15-21-13-9-18(10-14-21)16-17-7-5-4-6-8-17;/h1-8,18H,9-11,13-16H2,(H,20,22);. The predicted octanol–water partition coefficient (Wildman–Crippen LogP) is 2.52. The minimum absolute atomic E-state index is 0.192. The Labute approximate surface area is 150 Å². The zero-order valence-electron chi connectivity index (χ0n) is 13.6. The number of rotatable bonds is 6. The van der Waals surface area contributed by atoms with Gasteiger partial charge in [0, 0.05) is 0 Å². The molecule has 2 aliphatic heterocycles. The van der Waals surface area contributed by atoms with Gasteiger partial charge in [-0.1, -0.05) is 18.2 Å². The maximum absolute atomic E-state index is 12.0. The molecule has 0 atom stereocenters. The minimum atomic E-state index is -0.762. The quantitative estimate of drug-likeness (QED) is 0.781. The normalized spacial score (nSPS) is 18.5. The number of nitrogens with zero attached hydrogens (tertiary/aromatic N) is 1. The average molecular weight is 411 g/mol. The number of hydrogen-bond donors (Lipinski definition) is 1. The Bertz CT molecular complexity index is 574. The topological polar surface area (TPSA) is 32.3 Å². The van der Waals surface area contributed by atoms with Crippen molar-refractivity contribution in [1.29, 1.82) is 0 Å². The molecule has 4 heteroatoms. The van der Waals surface area contributed by atoms with Crippen molar-refractivity contribution in [2.75, 3.05) is 19.6 Å². The van der Waals surface area contributed by atoms with Crippen molar-refractivity contribution in [3.8, 4) is 0 Å². The van der Waals surface area contributed by atoms with Crippen LogP contribution in [-0.4, -0.2) is 53.3 Å². The molecule has 0 bridgehead atoms. The summed E-state index contributed by atoms with van der Waals surface area (Å²) in [6.45, 7) is 3.16. The molecule has 1 aromatic rings. The van der Waals surface area contributed by atoms with E-state index < -0.39 is 22.9 Å². The van der Waals surface area contributed by atoms with Gasteiger partial charge in [0.25, 0.3) is 0 Å². The van der Waals surface area contributed by atoms with E-state index in [2.05, 4.69) is 56.5 Å².